The quantitative estimate of drug-likeness (QED) is 0.697. The number of fused-ring (bicyclic) bond motifs is 1. The first-order valence-electron chi connectivity index (χ1n) is 6.42. The maximum atomic E-state index is 5.64. The molecular formula is C13H23NO. The molecule has 2 rings (SSSR count). The first-order valence-corrected chi connectivity index (χ1v) is 6.42. The van der Waals surface area contributed by atoms with Crippen molar-refractivity contribution >= 4 is 5.71 Å². The summed E-state index contributed by atoms with van der Waals surface area (Å²) < 4.78 is 0. The molecule has 0 unspecified atom stereocenters. The molecule has 0 radical (unpaired) electrons. The molecular weight excluding hydrogens is 186 g/mol. The highest BCUT2D eigenvalue weighted by molar-refractivity contribution is 5.90. The average molecular weight is 209 g/mol. The van der Waals surface area contributed by atoms with Crippen molar-refractivity contribution < 1.29 is 4.84 Å². The van der Waals surface area contributed by atoms with Crippen molar-refractivity contribution in [1.29, 1.82) is 0 Å². The second-order valence-corrected chi connectivity index (χ2v) is 5.32. The summed E-state index contributed by atoms with van der Waals surface area (Å²) in [6, 6.07) is 0. The van der Waals surface area contributed by atoms with E-state index in [1.807, 2.05) is 0 Å². The zero-order chi connectivity index (χ0) is 11.0. The normalized spacial score (nSPS) is 39.1. The molecule has 0 N–H and O–H groups in total. The molecule has 0 aromatic rings. The Bertz CT molecular complexity index is 257. The predicted molar refractivity (Wildman–Crippen MR) is 62.8 cm³/mol. The van der Waals surface area contributed by atoms with Gasteiger partial charge in [-0.1, -0.05) is 32.9 Å². The van der Waals surface area contributed by atoms with Crippen LogP contribution in [0.25, 0.3) is 0 Å². The van der Waals surface area contributed by atoms with Crippen LogP contribution in [0.1, 0.15) is 47.0 Å². The molecule has 1 heterocycles. The highest BCUT2D eigenvalue weighted by Gasteiger charge is 2.48. The Morgan fingerprint density at radius 3 is 2.53 bits per heavy atom. The van der Waals surface area contributed by atoms with Gasteiger partial charge in [0.1, 0.15) is 6.10 Å². The molecule has 2 aliphatic rings. The molecule has 2 heteroatoms. The minimum Gasteiger partial charge on any atom is -0.392 e. The van der Waals surface area contributed by atoms with Gasteiger partial charge in [0.15, 0.2) is 0 Å². The van der Waals surface area contributed by atoms with Crippen molar-refractivity contribution in [3.8, 4) is 0 Å². The van der Waals surface area contributed by atoms with E-state index in [4.69, 9.17) is 4.84 Å². The van der Waals surface area contributed by atoms with Crippen molar-refractivity contribution in [2.24, 2.45) is 28.8 Å². The largest absolute Gasteiger partial charge is 0.392 e. The van der Waals surface area contributed by atoms with Crippen LogP contribution in [0.5, 0.6) is 0 Å². The summed E-state index contributed by atoms with van der Waals surface area (Å²) in [6.45, 7) is 9.17. The number of rotatable bonds is 3. The topological polar surface area (TPSA) is 21.6 Å². The van der Waals surface area contributed by atoms with Crippen LogP contribution in [-0.2, 0) is 4.84 Å². The smallest absolute Gasteiger partial charge is 0.138 e. The van der Waals surface area contributed by atoms with E-state index in [2.05, 4.69) is 32.9 Å². The van der Waals surface area contributed by atoms with Crippen LogP contribution in [0.4, 0.5) is 0 Å². The molecule has 0 spiro atoms. The van der Waals surface area contributed by atoms with Crippen molar-refractivity contribution in [3.05, 3.63) is 0 Å². The first-order chi connectivity index (χ1) is 7.19. The van der Waals surface area contributed by atoms with E-state index in [9.17, 15) is 0 Å². The van der Waals surface area contributed by atoms with Gasteiger partial charge in [-0.15, -0.1) is 0 Å². The van der Waals surface area contributed by atoms with E-state index < -0.39 is 0 Å². The van der Waals surface area contributed by atoms with Crippen LogP contribution in [0.2, 0.25) is 0 Å². The van der Waals surface area contributed by atoms with Gasteiger partial charge in [0, 0.05) is 11.8 Å². The number of hydrogen-bond donors (Lipinski definition) is 0. The van der Waals surface area contributed by atoms with Gasteiger partial charge in [0.25, 0.3) is 0 Å². The lowest BCUT2D eigenvalue weighted by atomic mass is 9.82. The van der Waals surface area contributed by atoms with E-state index in [-0.39, 0.29) is 0 Å². The van der Waals surface area contributed by atoms with Crippen molar-refractivity contribution in [2.45, 2.75) is 53.1 Å². The molecule has 1 fully saturated rings. The van der Waals surface area contributed by atoms with E-state index in [0.29, 0.717) is 23.9 Å². The zero-order valence-corrected chi connectivity index (χ0v) is 10.4. The van der Waals surface area contributed by atoms with Gasteiger partial charge in [-0.05, 0) is 31.1 Å². The Morgan fingerprint density at radius 2 is 1.93 bits per heavy atom. The molecule has 2 nitrogen and oxygen atoms in total. The molecule has 4 atom stereocenters. The number of nitrogens with zero attached hydrogens (tertiary/aromatic N) is 1. The van der Waals surface area contributed by atoms with Crippen LogP contribution in [0.15, 0.2) is 5.16 Å². The van der Waals surface area contributed by atoms with Crippen molar-refractivity contribution in [3.63, 3.8) is 0 Å². The summed E-state index contributed by atoms with van der Waals surface area (Å²) >= 11 is 0. The molecule has 86 valence electrons. The minimum atomic E-state index is 0.385. The number of oxime groups is 1. The monoisotopic (exact) mass is 209 g/mol. The maximum Gasteiger partial charge on any atom is 0.138 e. The fraction of sp³-hybridized carbons (Fsp3) is 0.923. The summed E-state index contributed by atoms with van der Waals surface area (Å²) in [6.07, 6.45) is 4.08. The molecule has 15 heavy (non-hydrogen) atoms. The molecule has 1 saturated carbocycles. The Kier molecular flexibility index (Phi) is 3.03. The highest BCUT2D eigenvalue weighted by atomic mass is 16.6. The Morgan fingerprint density at radius 1 is 1.27 bits per heavy atom. The fourth-order valence-electron chi connectivity index (χ4n) is 3.41. The Balaban J connectivity index is 2.15. The lowest BCUT2D eigenvalue weighted by Gasteiger charge is -2.20. The second-order valence-electron chi connectivity index (χ2n) is 5.32. The van der Waals surface area contributed by atoms with Crippen LogP contribution in [0, 0.1) is 23.7 Å². The van der Waals surface area contributed by atoms with Crippen LogP contribution in [-0.4, -0.2) is 11.8 Å². The summed E-state index contributed by atoms with van der Waals surface area (Å²) in [4.78, 5) is 5.64. The summed E-state index contributed by atoms with van der Waals surface area (Å²) in [7, 11) is 0. The van der Waals surface area contributed by atoms with Gasteiger partial charge >= 0.3 is 0 Å². The zero-order valence-electron chi connectivity index (χ0n) is 10.4. The summed E-state index contributed by atoms with van der Waals surface area (Å²) in [5, 5.41) is 4.38. The van der Waals surface area contributed by atoms with Gasteiger partial charge in [0.2, 0.25) is 0 Å². The minimum absolute atomic E-state index is 0.385. The fourth-order valence-corrected chi connectivity index (χ4v) is 3.41. The molecule has 1 aliphatic heterocycles. The van der Waals surface area contributed by atoms with Gasteiger partial charge in [0.05, 0.1) is 5.71 Å². The SMILES string of the molecule is CCC(CC)C1=NO[C@@H]2[C@H]1[C@@H](C)C[C@H]2C. The molecule has 0 aromatic carbocycles. The lowest BCUT2D eigenvalue weighted by Crippen LogP contribution is -2.28. The van der Waals surface area contributed by atoms with Gasteiger partial charge in [-0.2, -0.15) is 0 Å². The number of hydrogen-bond acceptors (Lipinski definition) is 2. The van der Waals surface area contributed by atoms with Gasteiger partial charge < -0.3 is 4.84 Å². The lowest BCUT2D eigenvalue weighted by molar-refractivity contribution is 0.0448. The van der Waals surface area contributed by atoms with Crippen LogP contribution < -0.4 is 0 Å². The van der Waals surface area contributed by atoms with Crippen LogP contribution in [0.3, 0.4) is 0 Å². The Labute approximate surface area is 93.1 Å². The molecule has 0 amide bonds. The Hall–Kier alpha value is -0.530. The molecule has 0 saturated heterocycles. The van der Waals surface area contributed by atoms with Gasteiger partial charge in [-0.3, -0.25) is 0 Å². The molecule has 0 aromatic heterocycles. The highest BCUT2D eigenvalue weighted by Crippen LogP contribution is 2.44. The summed E-state index contributed by atoms with van der Waals surface area (Å²) in [5.74, 6) is 2.70. The molecule has 1 aliphatic carbocycles. The second kappa shape index (κ2) is 4.15. The third-order valence-electron chi connectivity index (χ3n) is 4.30. The van der Waals surface area contributed by atoms with E-state index in [1.54, 1.807) is 0 Å². The van der Waals surface area contributed by atoms with Gasteiger partial charge in [-0.25, -0.2) is 0 Å². The van der Waals surface area contributed by atoms with E-state index in [0.717, 1.165) is 5.92 Å². The standard InChI is InChI=1S/C13H23NO/c1-5-10(6-2)12-11-8(3)7-9(4)13(11)15-14-12/h8-11,13H,5-7H2,1-4H3/t8-,9+,11-,13-/m0/s1. The third kappa shape index (κ3) is 1.68. The molecule has 0 bridgehead atoms. The third-order valence-corrected chi connectivity index (χ3v) is 4.30. The maximum absolute atomic E-state index is 5.64. The first kappa shape index (κ1) is 11.0. The van der Waals surface area contributed by atoms with Crippen molar-refractivity contribution in [2.75, 3.05) is 0 Å². The predicted octanol–water partition coefficient (Wildman–Crippen LogP) is 3.47. The van der Waals surface area contributed by atoms with Crippen molar-refractivity contribution in [1.82, 2.24) is 0 Å². The van der Waals surface area contributed by atoms with E-state index >= 15 is 0 Å². The van der Waals surface area contributed by atoms with Crippen LogP contribution >= 0.6 is 0 Å². The van der Waals surface area contributed by atoms with E-state index in [1.165, 1.54) is 25.0 Å². The average Bonchev–Trinajstić information content (AvgIpc) is 2.74. The summed E-state index contributed by atoms with van der Waals surface area (Å²) in [5.41, 5.74) is 1.36.